The average Bonchev–Trinajstić information content (AvgIpc) is 2.16. The van der Waals surface area contributed by atoms with Crippen LogP contribution in [-0.2, 0) is 6.61 Å². The quantitative estimate of drug-likeness (QED) is 0.713. The van der Waals surface area contributed by atoms with Gasteiger partial charge in [-0.05, 0) is 17.2 Å². The van der Waals surface area contributed by atoms with E-state index in [4.69, 9.17) is 10.4 Å². The van der Waals surface area contributed by atoms with Gasteiger partial charge in [0.25, 0.3) is 0 Å². The highest BCUT2D eigenvalue weighted by molar-refractivity contribution is 5.60. The number of hydrogen-bond acceptors (Lipinski definition) is 2. The molecule has 0 fully saturated rings. The molecule has 1 N–H and O–H groups in total. The van der Waals surface area contributed by atoms with Crippen LogP contribution >= 0.6 is 0 Å². The van der Waals surface area contributed by atoms with E-state index < -0.39 is 0 Å². The summed E-state index contributed by atoms with van der Waals surface area (Å²) in [6, 6.07) is 7.27. The van der Waals surface area contributed by atoms with Crippen LogP contribution in [0.2, 0.25) is 0 Å². The second-order valence-electron chi connectivity index (χ2n) is 2.35. The Morgan fingerprint density at radius 1 is 1.58 bits per heavy atom. The molecule has 0 aromatic heterocycles. The first-order valence-corrected chi connectivity index (χ1v) is 3.58. The normalized spacial score (nSPS) is 9.00. The molecule has 0 atom stereocenters. The lowest BCUT2D eigenvalue weighted by Gasteiger charge is -2.02. The molecule has 0 spiro atoms. The lowest BCUT2D eigenvalue weighted by atomic mass is 10.0. The molecule has 2 heteroatoms. The van der Waals surface area contributed by atoms with Gasteiger partial charge in [-0.1, -0.05) is 24.8 Å². The summed E-state index contributed by atoms with van der Waals surface area (Å²) in [5.41, 5.74) is 2.02. The molecule has 12 heavy (non-hydrogen) atoms. The van der Waals surface area contributed by atoms with Crippen molar-refractivity contribution in [2.75, 3.05) is 0 Å². The molecule has 2 nitrogen and oxygen atoms in total. The van der Waals surface area contributed by atoms with Gasteiger partial charge >= 0.3 is 0 Å². The summed E-state index contributed by atoms with van der Waals surface area (Å²) in [6.45, 7) is 3.53. The Balaban J connectivity index is 3.34. The van der Waals surface area contributed by atoms with Gasteiger partial charge in [-0.2, -0.15) is 5.26 Å². The predicted octanol–water partition coefficient (Wildman–Crippen LogP) is 1.69. The van der Waals surface area contributed by atoms with Gasteiger partial charge in [-0.3, -0.25) is 0 Å². The van der Waals surface area contributed by atoms with Crippen LogP contribution in [0.3, 0.4) is 0 Å². The van der Waals surface area contributed by atoms with Crippen LogP contribution in [0.4, 0.5) is 0 Å². The molecule has 1 aromatic carbocycles. The van der Waals surface area contributed by atoms with E-state index in [1.165, 1.54) is 0 Å². The maximum Gasteiger partial charge on any atom is 0.0998 e. The van der Waals surface area contributed by atoms with Crippen LogP contribution < -0.4 is 0 Å². The Labute approximate surface area is 71.4 Å². The maximum atomic E-state index is 8.91. The third-order valence-corrected chi connectivity index (χ3v) is 1.69. The van der Waals surface area contributed by atoms with Gasteiger partial charge in [-0.15, -0.1) is 0 Å². The first-order valence-electron chi connectivity index (χ1n) is 3.58. The number of nitriles is 1. The SMILES string of the molecule is C=Cc1c(C#N)cccc1CO. The summed E-state index contributed by atoms with van der Waals surface area (Å²) in [6.07, 6.45) is 1.59. The van der Waals surface area contributed by atoms with E-state index in [-0.39, 0.29) is 6.61 Å². The monoisotopic (exact) mass is 159 g/mol. The summed E-state index contributed by atoms with van der Waals surface area (Å²) in [5, 5.41) is 17.6. The van der Waals surface area contributed by atoms with Crippen LogP contribution in [0, 0.1) is 11.3 Å². The van der Waals surface area contributed by atoms with Crippen LogP contribution in [-0.4, -0.2) is 5.11 Å². The van der Waals surface area contributed by atoms with E-state index in [0.717, 1.165) is 11.1 Å². The molecule has 0 aliphatic rings. The number of aliphatic hydroxyl groups is 1. The molecule has 0 unspecified atom stereocenters. The summed E-state index contributed by atoms with van der Waals surface area (Å²) < 4.78 is 0. The largest absolute Gasteiger partial charge is 0.392 e. The highest BCUT2D eigenvalue weighted by Gasteiger charge is 2.02. The zero-order chi connectivity index (χ0) is 8.97. The van der Waals surface area contributed by atoms with Gasteiger partial charge in [0.05, 0.1) is 18.2 Å². The predicted molar refractivity (Wildman–Crippen MR) is 47.2 cm³/mol. The van der Waals surface area contributed by atoms with Crippen molar-refractivity contribution in [1.82, 2.24) is 0 Å². The van der Waals surface area contributed by atoms with E-state index in [2.05, 4.69) is 6.58 Å². The number of nitrogens with zero attached hydrogens (tertiary/aromatic N) is 1. The maximum absolute atomic E-state index is 8.91. The molecule has 0 saturated heterocycles. The minimum atomic E-state index is -0.0587. The molecule has 0 aliphatic heterocycles. The van der Waals surface area contributed by atoms with Crippen LogP contribution in [0.5, 0.6) is 0 Å². The van der Waals surface area contributed by atoms with Crippen molar-refractivity contribution in [3.05, 3.63) is 41.5 Å². The van der Waals surface area contributed by atoms with Gasteiger partial charge < -0.3 is 5.11 Å². The Kier molecular flexibility index (Phi) is 2.62. The van der Waals surface area contributed by atoms with Crippen molar-refractivity contribution >= 4 is 6.08 Å². The van der Waals surface area contributed by atoms with Crippen molar-refractivity contribution in [2.45, 2.75) is 6.61 Å². The fraction of sp³-hybridized carbons (Fsp3) is 0.100. The molecule has 0 bridgehead atoms. The van der Waals surface area contributed by atoms with Crippen molar-refractivity contribution < 1.29 is 5.11 Å². The number of rotatable bonds is 2. The van der Waals surface area contributed by atoms with Crippen molar-refractivity contribution in [2.24, 2.45) is 0 Å². The molecule has 1 rings (SSSR count). The van der Waals surface area contributed by atoms with Gasteiger partial charge in [-0.25, -0.2) is 0 Å². The van der Waals surface area contributed by atoms with Crippen molar-refractivity contribution in [3.63, 3.8) is 0 Å². The molecular weight excluding hydrogens is 150 g/mol. The van der Waals surface area contributed by atoms with Crippen LogP contribution in [0.25, 0.3) is 6.08 Å². The van der Waals surface area contributed by atoms with Gasteiger partial charge in [0, 0.05) is 0 Å². The highest BCUT2D eigenvalue weighted by Crippen LogP contribution is 2.15. The van der Waals surface area contributed by atoms with E-state index in [1.54, 1.807) is 24.3 Å². The Morgan fingerprint density at radius 3 is 2.83 bits per heavy atom. The molecular formula is C10H9NO. The molecule has 0 amide bonds. The molecule has 1 aromatic rings. The number of aliphatic hydroxyl groups excluding tert-OH is 1. The Bertz CT molecular complexity index is 336. The van der Waals surface area contributed by atoms with E-state index in [9.17, 15) is 0 Å². The standard InChI is InChI=1S/C10H9NO/c1-2-10-8(6-11)4-3-5-9(10)7-12/h2-5,12H,1,7H2. The van der Waals surface area contributed by atoms with Crippen LogP contribution in [0.15, 0.2) is 24.8 Å². The highest BCUT2D eigenvalue weighted by atomic mass is 16.3. The second kappa shape index (κ2) is 3.70. The van der Waals surface area contributed by atoms with Gasteiger partial charge in [0.2, 0.25) is 0 Å². The average molecular weight is 159 g/mol. The first kappa shape index (κ1) is 8.51. The van der Waals surface area contributed by atoms with Gasteiger partial charge in [0.15, 0.2) is 0 Å². The zero-order valence-electron chi connectivity index (χ0n) is 6.62. The Morgan fingerprint density at radius 2 is 2.33 bits per heavy atom. The molecule has 0 radical (unpaired) electrons. The summed E-state index contributed by atoms with van der Waals surface area (Å²) in [4.78, 5) is 0. The topological polar surface area (TPSA) is 44.0 Å². The summed E-state index contributed by atoms with van der Waals surface area (Å²) in [5.74, 6) is 0. The molecule has 0 heterocycles. The number of benzene rings is 1. The second-order valence-corrected chi connectivity index (χ2v) is 2.35. The van der Waals surface area contributed by atoms with Crippen molar-refractivity contribution in [1.29, 1.82) is 5.26 Å². The first-order chi connectivity index (χ1) is 5.83. The smallest absolute Gasteiger partial charge is 0.0998 e. The minimum Gasteiger partial charge on any atom is -0.392 e. The third-order valence-electron chi connectivity index (χ3n) is 1.69. The summed E-state index contributed by atoms with van der Waals surface area (Å²) >= 11 is 0. The van der Waals surface area contributed by atoms with E-state index in [1.807, 2.05) is 6.07 Å². The zero-order valence-corrected chi connectivity index (χ0v) is 6.62. The lowest BCUT2D eigenvalue weighted by Crippen LogP contribution is -1.91. The summed E-state index contributed by atoms with van der Waals surface area (Å²) in [7, 11) is 0. The fourth-order valence-corrected chi connectivity index (χ4v) is 1.09. The van der Waals surface area contributed by atoms with Crippen molar-refractivity contribution in [3.8, 4) is 6.07 Å². The molecule has 60 valence electrons. The van der Waals surface area contributed by atoms with Gasteiger partial charge in [0.1, 0.15) is 0 Å². The lowest BCUT2D eigenvalue weighted by molar-refractivity contribution is 0.281. The van der Waals surface area contributed by atoms with E-state index >= 15 is 0 Å². The number of hydrogen-bond donors (Lipinski definition) is 1. The molecule has 0 saturated carbocycles. The van der Waals surface area contributed by atoms with Crippen LogP contribution in [0.1, 0.15) is 16.7 Å². The fourth-order valence-electron chi connectivity index (χ4n) is 1.09. The molecule has 0 aliphatic carbocycles. The van der Waals surface area contributed by atoms with E-state index in [0.29, 0.717) is 5.56 Å². The minimum absolute atomic E-state index is 0.0587. The third kappa shape index (κ3) is 1.36. The Hall–Kier alpha value is -1.59.